The van der Waals surface area contributed by atoms with E-state index < -0.39 is 24.0 Å². The molecule has 3 rings (SSSR count). The number of amides is 1. The number of ether oxygens (including phenoxy) is 1. The van der Waals surface area contributed by atoms with Crippen molar-refractivity contribution in [2.75, 3.05) is 13.2 Å². The van der Waals surface area contributed by atoms with Gasteiger partial charge in [0.2, 0.25) is 0 Å². The molecule has 0 saturated heterocycles. The molecule has 2 aromatic carbocycles. The lowest BCUT2D eigenvalue weighted by atomic mass is 10.1. The van der Waals surface area contributed by atoms with Crippen molar-refractivity contribution in [3.8, 4) is 0 Å². The normalized spacial score (nSPS) is 10.5. The summed E-state index contributed by atoms with van der Waals surface area (Å²) in [6.45, 7) is 0.0307. The van der Waals surface area contributed by atoms with Gasteiger partial charge in [0.1, 0.15) is 0 Å². The Balaban J connectivity index is 1.55. The summed E-state index contributed by atoms with van der Waals surface area (Å²) in [5, 5.41) is 9.40. The van der Waals surface area contributed by atoms with Gasteiger partial charge in [-0.2, -0.15) is 5.10 Å². The number of benzene rings is 2. The van der Waals surface area contributed by atoms with Gasteiger partial charge >= 0.3 is 5.97 Å². The number of H-pyrrole nitrogens is 1. The number of aromatic nitrogens is 2. The standard InChI is InChI=1S/C19H17N3O4/c23-16(20-11-10-13-6-2-1-3-7-13)12-26-19(25)17-14-8-4-5-9-15(14)18(24)22-21-17/h1-9H,10-12H2,(H,20,23)(H,22,24). The molecule has 3 aromatic rings. The Bertz CT molecular complexity index is 983. The maximum atomic E-state index is 12.2. The summed E-state index contributed by atoms with van der Waals surface area (Å²) in [5.41, 5.74) is 0.682. The molecule has 1 heterocycles. The van der Waals surface area contributed by atoms with E-state index in [1.807, 2.05) is 30.3 Å². The van der Waals surface area contributed by atoms with E-state index in [4.69, 9.17) is 4.74 Å². The average Bonchev–Trinajstić information content (AvgIpc) is 2.67. The lowest BCUT2D eigenvalue weighted by Crippen LogP contribution is -2.30. The maximum Gasteiger partial charge on any atom is 0.359 e. The van der Waals surface area contributed by atoms with Crippen LogP contribution < -0.4 is 10.9 Å². The second-order valence-electron chi connectivity index (χ2n) is 5.61. The van der Waals surface area contributed by atoms with E-state index in [1.54, 1.807) is 24.3 Å². The van der Waals surface area contributed by atoms with Gasteiger partial charge in [-0.1, -0.05) is 48.5 Å². The number of carbonyl (C=O) groups excluding carboxylic acids is 2. The fraction of sp³-hybridized carbons (Fsp3) is 0.158. The van der Waals surface area contributed by atoms with Gasteiger partial charge in [0.05, 0.1) is 5.39 Å². The first-order chi connectivity index (χ1) is 12.6. The number of nitrogens with zero attached hydrogens (tertiary/aromatic N) is 1. The second-order valence-corrected chi connectivity index (χ2v) is 5.61. The van der Waals surface area contributed by atoms with Gasteiger partial charge in [-0.3, -0.25) is 9.59 Å². The fourth-order valence-corrected chi connectivity index (χ4v) is 2.51. The van der Waals surface area contributed by atoms with Crippen LogP contribution in [0.1, 0.15) is 16.1 Å². The number of nitrogens with one attached hydrogen (secondary N) is 2. The Labute approximate surface area is 149 Å². The highest BCUT2D eigenvalue weighted by atomic mass is 16.5. The number of esters is 1. The third-order valence-corrected chi connectivity index (χ3v) is 3.80. The minimum atomic E-state index is -0.768. The summed E-state index contributed by atoms with van der Waals surface area (Å²) >= 11 is 0. The molecular weight excluding hydrogens is 334 g/mol. The Morgan fingerprint density at radius 3 is 2.46 bits per heavy atom. The molecule has 0 bridgehead atoms. The predicted octanol–water partition coefficient (Wildman–Crippen LogP) is 1.44. The first kappa shape index (κ1) is 17.3. The van der Waals surface area contributed by atoms with Crippen molar-refractivity contribution in [3.63, 3.8) is 0 Å². The summed E-state index contributed by atoms with van der Waals surface area (Å²) in [4.78, 5) is 35.7. The van der Waals surface area contributed by atoms with E-state index in [9.17, 15) is 14.4 Å². The van der Waals surface area contributed by atoms with Crippen molar-refractivity contribution < 1.29 is 14.3 Å². The summed E-state index contributed by atoms with van der Waals surface area (Å²) in [7, 11) is 0. The Hall–Kier alpha value is -3.48. The second kappa shape index (κ2) is 8.06. The van der Waals surface area contributed by atoms with Crippen molar-refractivity contribution in [1.29, 1.82) is 0 Å². The van der Waals surface area contributed by atoms with Crippen molar-refractivity contribution in [3.05, 3.63) is 76.2 Å². The molecule has 132 valence electrons. The molecular formula is C19H17N3O4. The van der Waals surface area contributed by atoms with Gasteiger partial charge in [-0.25, -0.2) is 9.89 Å². The van der Waals surface area contributed by atoms with Gasteiger partial charge in [-0.05, 0) is 18.1 Å². The lowest BCUT2D eigenvalue weighted by molar-refractivity contribution is -0.124. The number of fused-ring (bicyclic) bond motifs is 1. The Kier molecular flexibility index (Phi) is 5.38. The van der Waals surface area contributed by atoms with Crippen molar-refractivity contribution >= 4 is 22.6 Å². The first-order valence-electron chi connectivity index (χ1n) is 8.10. The largest absolute Gasteiger partial charge is 0.451 e. The highest BCUT2D eigenvalue weighted by Gasteiger charge is 2.16. The Morgan fingerprint density at radius 1 is 1.00 bits per heavy atom. The van der Waals surface area contributed by atoms with E-state index in [0.29, 0.717) is 23.7 Å². The molecule has 7 nitrogen and oxygen atoms in total. The van der Waals surface area contributed by atoms with Gasteiger partial charge in [0, 0.05) is 11.9 Å². The first-order valence-corrected chi connectivity index (χ1v) is 8.10. The van der Waals surface area contributed by atoms with Crippen LogP contribution in [0.2, 0.25) is 0 Å². The van der Waals surface area contributed by atoms with E-state index in [1.165, 1.54) is 0 Å². The van der Waals surface area contributed by atoms with Crippen LogP contribution >= 0.6 is 0 Å². The molecule has 0 saturated carbocycles. The number of rotatable bonds is 6. The summed E-state index contributed by atoms with van der Waals surface area (Å²) < 4.78 is 5.01. The fourth-order valence-electron chi connectivity index (χ4n) is 2.51. The van der Waals surface area contributed by atoms with E-state index >= 15 is 0 Å². The molecule has 0 radical (unpaired) electrons. The van der Waals surface area contributed by atoms with E-state index in [2.05, 4.69) is 15.5 Å². The molecule has 26 heavy (non-hydrogen) atoms. The minimum Gasteiger partial charge on any atom is -0.451 e. The SMILES string of the molecule is O=C(COC(=O)c1n[nH]c(=O)c2ccccc12)NCCc1ccccc1. The van der Waals surface area contributed by atoms with Crippen molar-refractivity contribution in [1.82, 2.24) is 15.5 Å². The van der Waals surface area contributed by atoms with Crippen LogP contribution in [0.25, 0.3) is 10.8 Å². The molecule has 2 N–H and O–H groups in total. The zero-order valence-electron chi connectivity index (χ0n) is 13.9. The van der Waals surface area contributed by atoms with E-state index in [0.717, 1.165) is 5.56 Å². The highest BCUT2D eigenvalue weighted by Crippen LogP contribution is 2.13. The molecule has 0 aliphatic rings. The molecule has 0 aliphatic carbocycles. The molecule has 1 aromatic heterocycles. The van der Waals surface area contributed by atoms with Gasteiger partial charge in [-0.15, -0.1) is 0 Å². The third-order valence-electron chi connectivity index (χ3n) is 3.80. The Morgan fingerprint density at radius 2 is 1.69 bits per heavy atom. The van der Waals surface area contributed by atoms with Crippen LogP contribution in [0.5, 0.6) is 0 Å². The minimum absolute atomic E-state index is 0.0303. The summed E-state index contributed by atoms with van der Waals surface area (Å²) in [6.07, 6.45) is 0.687. The quantitative estimate of drug-likeness (QED) is 0.655. The zero-order valence-corrected chi connectivity index (χ0v) is 13.9. The molecule has 0 unspecified atom stereocenters. The zero-order chi connectivity index (χ0) is 18.4. The number of hydrogen-bond donors (Lipinski definition) is 2. The smallest absolute Gasteiger partial charge is 0.359 e. The number of aromatic amines is 1. The van der Waals surface area contributed by atoms with Gasteiger partial charge in [0.15, 0.2) is 12.3 Å². The number of carbonyl (C=O) groups is 2. The van der Waals surface area contributed by atoms with Crippen LogP contribution in [0.3, 0.4) is 0 Å². The van der Waals surface area contributed by atoms with Crippen LogP contribution in [0.4, 0.5) is 0 Å². The molecule has 0 spiro atoms. The molecule has 0 fully saturated rings. The lowest BCUT2D eigenvalue weighted by Gasteiger charge is -2.07. The van der Waals surface area contributed by atoms with Crippen molar-refractivity contribution in [2.45, 2.75) is 6.42 Å². The molecule has 0 aliphatic heterocycles. The number of hydrogen-bond acceptors (Lipinski definition) is 5. The van der Waals surface area contributed by atoms with Crippen LogP contribution in [0, 0.1) is 0 Å². The van der Waals surface area contributed by atoms with Gasteiger partial charge in [0.25, 0.3) is 11.5 Å². The third kappa shape index (κ3) is 4.13. The van der Waals surface area contributed by atoms with Crippen LogP contribution in [-0.4, -0.2) is 35.2 Å². The predicted molar refractivity (Wildman–Crippen MR) is 95.8 cm³/mol. The molecule has 0 atom stereocenters. The molecule has 7 heteroatoms. The summed E-state index contributed by atoms with van der Waals surface area (Å²) in [5.74, 6) is -1.17. The van der Waals surface area contributed by atoms with Crippen molar-refractivity contribution in [2.24, 2.45) is 0 Å². The van der Waals surface area contributed by atoms with Crippen LogP contribution in [-0.2, 0) is 16.0 Å². The highest BCUT2D eigenvalue weighted by molar-refractivity contribution is 6.02. The molecule has 1 amide bonds. The average molecular weight is 351 g/mol. The monoisotopic (exact) mass is 351 g/mol. The topological polar surface area (TPSA) is 101 Å². The van der Waals surface area contributed by atoms with E-state index in [-0.39, 0.29) is 5.69 Å². The summed E-state index contributed by atoms with van der Waals surface area (Å²) in [6, 6.07) is 16.3. The van der Waals surface area contributed by atoms with Gasteiger partial charge < -0.3 is 10.1 Å². The maximum absolute atomic E-state index is 12.2. The van der Waals surface area contributed by atoms with Crippen LogP contribution in [0.15, 0.2) is 59.4 Å².